The second-order valence-electron chi connectivity index (χ2n) is 4.52. The zero-order chi connectivity index (χ0) is 15.4. The van der Waals surface area contributed by atoms with Crippen molar-refractivity contribution in [3.05, 3.63) is 68.2 Å². The molecular weight excluding hydrogens is 334 g/mol. The zero-order valence-electron chi connectivity index (χ0n) is 11.2. The number of anilines is 1. The molecule has 0 fully saturated rings. The minimum absolute atomic E-state index is 0.00867. The van der Waals surface area contributed by atoms with E-state index in [1.54, 1.807) is 6.07 Å². The molecule has 0 aromatic heterocycles. The summed E-state index contributed by atoms with van der Waals surface area (Å²) in [6.45, 7) is 1.97. The Morgan fingerprint density at radius 1 is 1.29 bits per heavy atom. The fraction of sp³-hybridized carbons (Fsp3) is 0.133. The first-order chi connectivity index (χ1) is 10.0. The van der Waals surface area contributed by atoms with Crippen molar-refractivity contribution in [2.24, 2.45) is 0 Å². The van der Waals surface area contributed by atoms with E-state index in [0.717, 1.165) is 10.0 Å². The normalized spacial score (nSPS) is 11.5. The van der Waals surface area contributed by atoms with Gasteiger partial charge in [-0.25, -0.2) is 0 Å². The molecule has 2 aromatic rings. The van der Waals surface area contributed by atoms with Crippen molar-refractivity contribution in [3.63, 3.8) is 0 Å². The molecule has 1 unspecified atom stereocenters. The summed E-state index contributed by atoms with van der Waals surface area (Å²) in [4.78, 5) is 10.4. The van der Waals surface area contributed by atoms with Gasteiger partial charge in [0.15, 0.2) is 0 Å². The number of nitro groups is 1. The lowest BCUT2D eigenvalue weighted by Crippen LogP contribution is -2.07. The Labute approximate surface area is 130 Å². The van der Waals surface area contributed by atoms with Crippen LogP contribution < -0.4 is 5.32 Å². The molecule has 0 saturated carbocycles. The van der Waals surface area contributed by atoms with E-state index in [-0.39, 0.29) is 17.3 Å². The number of nitrogens with zero attached hydrogens (tertiary/aromatic N) is 2. The Morgan fingerprint density at radius 2 is 1.95 bits per heavy atom. The summed E-state index contributed by atoms with van der Waals surface area (Å²) in [6, 6.07) is 14.1. The van der Waals surface area contributed by atoms with Gasteiger partial charge in [-0.05, 0) is 36.8 Å². The van der Waals surface area contributed by atoms with Crippen LogP contribution in [0.4, 0.5) is 11.4 Å². The van der Waals surface area contributed by atoms with E-state index in [1.807, 2.05) is 37.3 Å². The first-order valence-electron chi connectivity index (χ1n) is 6.22. The Kier molecular flexibility index (Phi) is 4.55. The summed E-state index contributed by atoms with van der Waals surface area (Å²) < 4.78 is 0.993. The van der Waals surface area contributed by atoms with E-state index in [2.05, 4.69) is 21.2 Å². The van der Waals surface area contributed by atoms with Crippen LogP contribution in [0.1, 0.15) is 24.1 Å². The number of nitrogens with one attached hydrogen (secondary N) is 1. The van der Waals surface area contributed by atoms with Gasteiger partial charge in [0.2, 0.25) is 0 Å². The topological polar surface area (TPSA) is 79.0 Å². The highest BCUT2D eigenvalue weighted by Crippen LogP contribution is 2.26. The fourth-order valence-corrected chi connectivity index (χ4v) is 2.22. The molecule has 0 aliphatic carbocycles. The summed E-state index contributed by atoms with van der Waals surface area (Å²) in [5.74, 6) is 0. The molecule has 2 aromatic carbocycles. The molecule has 0 saturated heterocycles. The third kappa shape index (κ3) is 3.58. The highest BCUT2D eigenvalue weighted by atomic mass is 79.9. The molecule has 5 nitrogen and oxygen atoms in total. The number of hydrogen-bond acceptors (Lipinski definition) is 4. The summed E-state index contributed by atoms with van der Waals surface area (Å²) in [7, 11) is 0. The molecule has 0 aliphatic heterocycles. The van der Waals surface area contributed by atoms with Gasteiger partial charge in [-0.2, -0.15) is 5.26 Å². The number of benzene rings is 2. The van der Waals surface area contributed by atoms with Gasteiger partial charge in [0.25, 0.3) is 5.69 Å². The molecule has 6 heteroatoms. The number of halogens is 1. The van der Waals surface area contributed by atoms with Crippen molar-refractivity contribution >= 4 is 27.3 Å². The third-order valence-corrected chi connectivity index (χ3v) is 3.60. The van der Waals surface area contributed by atoms with Gasteiger partial charge in [0, 0.05) is 22.3 Å². The lowest BCUT2D eigenvalue weighted by molar-refractivity contribution is -0.385. The molecular formula is C15H12BrN3O2. The van der Waals surface area contributed by atoms with E-state index >= 15 is 0 Å². The van der Waals surface area contributed by atoms with Crippen LogP contribution >= 0.6 is 15.9 Å². The minimum Gasteiger partial charge on any atom is -0.378 e. The van der Waals surface area contributed by atoms with Crippen molar-refractivity contribution in [1.29, 1.82) is 5.26 Å². The van der Waals surface area contributed by atoms with Gasteiger partial charge in [-0.1, -0.05) is 28.1 Å². The largest absolute Gasteiger partial charge is 0.378 e. The number of nitriles is 1. The number of nitro benzene ring substituents is 1. The molecule has 0 radical (unpaired) electrons. The Bertz CT molecular complexity index is 708. The molecule has 0 heterocycles. The summed E-state index contributed by atoms with van der Waals surface area (Å²) >= 11 is 3.38. The molecule has 0 aliphatic rings. The van der Waals surface area contributed by atoms with Gasteiger partial charge in [-0.15, -0.1) is 0 Å². The van der Waals surface area contributed by atoms with Crippen LogP contribution in [-0.2, 0) is 0 Å². The maximum Gasteiger partial charge on any atom is 0.289 e. The maximum atomic E-state index is 10.9. The van der Waals surface area contributed by atoms with Crippen LogP contribution in [0.3, 0.4) is 0 Å². The Hall–Kier alpha value is -2.39. The zero-order valence-corrected chi connectivity index (χ0v) is 12.8. The molecule has 1 atom stereocenters. The highest BCUT2D eigenvalue weighted by Gasteiger charge is 2.15. The van der Waals surface area contributed by atoms with Crippen molar-refractivity contribution in [3.8, 4) is 6.07 Å². The molecule has 1 N–H and O–H groups in total. The van der Waals surface area contributed by atoms with Crippen LogP contribution in [0.15, 0.2) is 46.9 Å². The monoisotopic (exact) mass is 345 g/mol. The van der Waals surface area contributed by atoms with Gasteiger partial charge < -0.3 is 5.32 Å². The quantitative estimate of drug-likeness (QED) is 0.657. The van der Waals surface area contributed by atoms with Crippen LogP contribution in [-0.4, -0.2) is 4.92 Å². The van der Waals surface area contributed by atoms with E-state index in [9.17, 15) is 10.1 Å². The molecule has 0 amide bonds. The lowest BCUT2D eigenvalue weighted by atomic mass is 10.1. The van der Waals surface area contributed by atoms with Crippen molar-refractivity contribution in [1.82, 2.24) is 0 Å². The molecule has 106 valence electrons. The van der Waals surface area contributed by atoms with Gasteiger partial charge >= 0.3 is 0 Å². The predicted octanol–water partition coefficient (Wildman–Crippen LogP) is 4.40. The van der Waals surface area contributed by atoms with Crippen molar-refractivity contribution in [2.75, 3.05) is 5.32 Å². The Balaban J connectivity index is 2.23. The van der Waals surface area contributed by atoms with Gasteiger partial charge in [0.1, 0.15) is 11.6 Å². The smallest absolute Gasteiger partial charge is 0.289 e. The first kappa shape index (κ1) is 15.0. The molecule has 2 rings (SSSR count). The lowest BCUT2D eigenvalue weighted by Gasteiger charge is -2.15. The summed E-state index contributed by atoms with van der Waals surface area (Å²) in [6.07, 6.45) is 0. The van der Waals surface area contributed by atoms with E-state index < -0.39 is 4.92 Å². The Morgan fingerprint density at radius 3 is 2.52 bits per heavy atom. The average Bonchev–Trinajstić information content (AvgIpc) is 2.47. The molecule has 0 bridgehead atoms. The number of rotatable bonds is 4. The molecule has 21 heavy (non-hydrogen) atoms. The van der Waals surface area contributed by atoms with Crippen LogP contribution in [0, 0.1) is 21.4 Å². The van der Waals surface area contributed by atoms with Crippen molar-refractivity contribution in [2.45, 2.75) is 13.0 Å². The van der Waals surface area contributed by atoms with E-state index in [1.165, 1.54) is 12.1 Å². The summed E-state index contributed by atoms with van der Waals surface area (Å²) in [5.41, 5.74) is 1.54. The van der Waals surface area contributed by atoms with Crippen LogP contribution in [0.25, 0.3) is 0 Å². The predicted molar refractivity (Wildman–Crippen MR) is 84.0 cm³/mol. The SMILES string of the molecule is CC(Nc1ccc(C#N)c([N+](=O)[O-])c1)c1ccc(Br)cc1. The minimum atomic E-state index is -0.548. The fourth-order valence-electron chi connectivity index (χ4n) is 1.95. The van der Waals surface area contributed by atoms with E-state index in [4.69, 9.17) is 5.26 Å². The second kappa shape index (κ2) is 6.37. The third-order valence-electron chi connectivity index (χ3n) is 3.07. The van der Waals surface area contributed by atoms with E-state index in [0.29, 0.717) is 5.69 Å². The van der Waals surface area contributed by atoms with Crippen LogP contribution in [0.5, 0.6) is 0 Å². The van der Waals surface area contributed by atoms with Gasteiger partial charge in [-0.3, -0.25) is 10.1 Å². The van der Waals surface area contributed by atoms with Gasteiger partial charge in [0.05, 0.1) is 4.92 Å². The van der Waals surface area contributed by atoms with Crippen molar-refractivity contribution < 1.29 is 4.92 Å². The van der Waals surface area contributed by atoms with Crippen LogP contribution in [0.2, 0.25) is 0 Å². The summed E-state index contributed by atoms with van der Waals surface area (Å²) in [5, 5.41) is 23.0. The highest BCUT2D eigenvalue weighted by molar-refractivity contribution is 9.10. The number of hydrogen-bond donors (Lipinski definition) is 1. The average molecular weight is 346 g/mol. The second-order valence-corrected chi connectivity index (χ2v) is 5.43. The first-order valence-corrected chi connectivity index (χ1v) is 7.01. The standard InChI is InChI=1S/C15H12BrN3O2/c1-10(11-2-5-13(16)6-3-11)18-14-7-4-12(9-17)15(8-14)19(20)21/h2-8,10,18H,1H3. The molecule has 0 spiro atoms. The maximum absolute atomic E-state index is 10.9.